The molecule has 0 amide bonds. The molecule has 4 aromatic heterocycles. The lowest BCUT2D eigenvalue weighted by atomic mass is 10.00. The van der Waals surface area contributed by atoms with Crippen molar-refractivity contribution >= 4 is 10.9 Å². The first-order valence-corrected chi connectivity index (χ1v) is 12.1. The Morgan fingerprint density at radius 2 is 1.73 bits per heavy atom. The molecule has 4 heterocycles. The monoisotopic (exact) mass is 540 g/mol. The third-order valence-electron chi connectivity index (χ3n) is 6.34. The standard InChI is InChI=1S/C29H19F3N6O2/c1-16-8-19(25-14-33-15-40-25)11-20(9-16)26-21-10-17(2)13-34-27(21)28(39)38(37-26)24-12-18(23-4-3-7-35-36-23)5-6-22(24)29(30,31)32/h3-15H,1-2H3. The van der Waals surface area contributed by atoms with Crippen LogP contribution in [-0.2, 0) is 6.18 Å². The lowest BCUT2D eigenvalue weighted by Crippen LogP contribution is -2.26. The summed E-state index contributed by atoms with van der Waals surface area (Å²) in [6.45, 7) is 3.68. The average molecular weight is 541 g/mol. The number of benzene rings is 2. The molecule has 0 fully saturated rings. The fourth-order valence-corrected chi connectivity index (χ4v) is 4.58. The Labute approximate surface area is 224 Å². The van der Waals surface area contributed by atoms with E-state index in [2.05, 4.69) is 25.3 Å². The Balaban J connectivity index is 1.68. The van der Waals surface area contributed by atoms with E-state index in [1.54, 1.807) is 30.5 Å². The molecule has 0 aliphatic carbocycles. The van der Waals surface area contributed by atoms with Crippen molar-refractivity contribution in [3.63, 3.8) is 0 Å². The second kappa shape index (κ2) is 9.53. The van der Waals surface area contributed by atoms with Gasteiger partial charge in [-0.2, -0.15) is 33.1 Å². The van der Waals surface area contributed by atoms with Crippen molar-refractivity contribution < 1.29 is 17.6 Å². The van der Waals surface area contributed by atoms with Gasteiger partial charge < -0.3 is 4.42 Å². The number of rotatable bonds is 4. The summed E-state index contributed by atoms with van der Waals surface area (Å²) in [5, 5.41) is 12.8. The molecule has 6 rings (SSSR count). The van der Waals surface area contributed by atoms with Crippen LogP contribution in [0.2, 0.25) is 0 Å². The van der Waals surface area contributed by atoms with Gasteiger partial charge in [0.25, 0.3) is 5.56 Å². The largest absolute Gasteiger partial charge is 0.444 e. The van der Waals surface area contributed by atoms with Gasteiger partial charge in [0, 0.05) is 34.5 Å². The Bertz CT molecular complexity index is 1930. The maximum absolute atomic E-state index is 14.3. The lowest BCUT2D eigenvalue weighted by Gasteiger charge is -2.17. The summed E-state index contributed by atoms with van der Waals surface area (Å²) in [5.41, 5.74) is 1.55. The second-order valence-corrected chi connectivity index (χ2v) is 9.27. The molecule has 0 bridgehead atoms. The summed E-state index contributed by atoms with van der Waals surface area (Å²) in [6, 6.07) is 13.9. The van der Waals surface area contributed by atoms with Crippen LogP contribution in [0.25, 0.3) is 50.4 Å². The van der Waals surface area contributed by atoms with Gasteiger partial charge >= 0.3 is 6.18 Å². The predicted octanol–water partition coefficient (Wildman–Crippen LogP) is 6.20. The Hall–Kier alpha value is -5.19. The van der Waals surface area contributed by atoms with E-state index < -0.39 is 23.0 Å². The van der Waals surface area contributed by atoms with E-state index in [4.69, 9.17) is 4.42 Å². The first-order valence-electron chi connectivity index (χ1n) is 12.1. The number of pyridine rings is 1. The fraction of sp³-hybridized carbons (Fsp3) is 0.103. The summed E-state index contributed by atoms with van der Waals surface area (Å²) < 4.78 is 49.0. The Kier molecular flexibility index (Phi) is 5.98. The van der Waals surface area contributed by atoms with Crippen LogP contribution in [0.3, 0.4) is 0 Å². The smallest absolute Gasteiger partial charge is 0.418 e. The minimum atomic E-state index is -4.77. The Morgan fingerprint density at radius 3 is 2.45 bits per heavy atom. The van der Waals surface area contributed by atoms with Crippen LogP contribution in [0.1, 0.15) is 16.7 Å². The first kappa shape index (κ1) is 25.1. The molecule has 0 aliphatic rings. The van der Waals surface area contributed by atoms with Crippen molar-refractivity contribution in [2.75, 3.05) is 0 Å². The van der Waals surface area contributed by atoms with Crippen LogP contribution in [0.15, 0.2) is 88.8 Å². The number of hydrogen-bond donors (Lipinski definition) is 0. The highest BCUT2D eigenvalue weighted by Crippen LogP contribution is 2.36. The number of oxazole rings is 1. The van der Waals surface area contributed by atoms with E-state index in [9.17, 15) is 18.0 Å². The van der Waals surface area contributed by atoms with Crippen LogP contribution < -0.4 is 5.56 Å². The minimum absolute atomic E-state index is 0.0173. The van der Waals surface area contributed by atoms with E-state index in [-0.39, 0.29) is 11.2 Å². The molecule has 0 atom stereocenters. The molecule has 0 aliphatic heterocycles. The van der Waals surface area contributed by atoms with Crippen LogP contribution in [0.4, 0.5) is 13.2 Å². The van der Waals surface area contributed by atoms with Crippen LogP contribution in [0.5, 0.6) is 0 Å². The molecule has 40 heavy (non-hydrogen) atoms. The van der Waals surface area contributed by atoms with Gasteiger partial charge in [-0.25, -0.2) is 9.97 Å². The van der Waals surface area contributed by atoms with Gasteiger partial charge in [0.05, 0.1) is 23.1 Å². The van der Waals surface area contributed by atoms with Crippen molar-refractivity contribution in [1.82, 2.24) is 29.9 Å². The van der Waals surface area contributed by atoms with Crippen LogP contribution >= 0.6 is 0 Å². The lowest BCUT2D eigenvalue weighted by molar-refractivity contribution is -0.137. The maximum atomic E-state index is 14.3. The van der Waals surface area contributed by atoms with Gasteiger partial charge in [0.2, 0.25) is 0 Å². The molecule has 8 nitrogen and oxygen atoms in total. The second-order valence-electron chi connectivity index (χ2n) is 9.27. The number of fused-ring (bicyclic) bond motifs is 1. The zero-order valence-corrected chi connectivity index (χ0v) is 21.1. The van der Waals surface area contributed by atoms with Crippen molar-refractivity contribution in [3.8, 4) is 39.5 Å². The number of hydrogen-bond acceptors (Lipinski definition) is 7. The third-order valence-corrected chi connectivity index (χ3v) is 6.34. The third kappa shape index (κ3) is 4.51. The molecule has 0 unspecified atom stereocenters. The molecule has 0 saturated carbocycles. The van der Waals surface area contributed by atoms with E-state index in [0.29, 0.717) is 33.5 Å². The molecule has 11 heteroatoms. The topological polar surface area (TPSA) is 99.6 Å². The van der Waals surface area contributed by atoms with Crippen molar-refractivity contribution in [1.29, 1.82) is 0 Å². The van der Waals surface area contributed by atoms with Gasteiger partial charge in [0.1, 0.15) is 11.2 Å². The number of halogens is 3. The summed E-state index contributed by atoms with van der Waals surface area (Å²) in [7, 11) is 0. The van der Waals surface area contributed by atoms with Crippen molar-refractivity contribution in [2.45, 2.75) is 20.0 Å². The highest BCUT2D eigenvalue weighted by atomic mass is 19.4. The molecule has 0 radical (unpaired) electrons. The molecular weight excluding hydrogens is 521 g/mol. The average Bonchev–Trinajstić information content (AvgIpc) is 3.48. The van der Waals surface area contributed by atoms with E-state index in [1.807, 2.05) is 26.0 Å². The van der Waals surface area contributed by atoms with Crippen LogP contribution in [0, 0.1) is 13.8 Å². The van der Waals surface area contributed by atoms with E-state index in [1.165, 1.54) is 30.9 Å². The minimum Gasteiger partial charge on any atom is -0.444 e. The fourth-order valence-electron chi connectivity index (χ4n) is 4.58. The quantitative estimate of drug-likeness (QED) is 0.263. The summed E-state index contributed by atoms with van der Waals surface area (Å²) >= 11 is 0. The van der Waals surface area contributed by atoms with Gasteiger partial charge in [0.15, 0.2) is 12.2 Å². The van der Waals surface area contributed by atoms with E-state index >= 15 is 0 Å². The molecule has 0 spiro atoms. The maximum Gasteiger partial charge on any atom is 0.418 e. The normalized spacial score (nSPS) is 11.7. The highest BCUT2D eigenvalue weighted by molar-refractivity contribution is 5.93. The first-order chi connectivity index (χ1) is 19.2. The van der Waals surface area contributed by atoms with E-state index in [0.717, 1.165) is 21.9 Å². The summed E-state index contributed by atoms with van der Waals surface area (Å²) in [6.07, 6.45) is 1.05. The van der Waals surface area contributed by atoms with Gasteiger partial charge in [-0.1, -0.05) is 6.07 Å². The summed E-state index contributed by atoms with van der Waals surface area (Å²) in [5.74, 6) is 0.507. The molecule has 198 valence electrons. The number of aromatic nitrogens is 6. The zero-order chi connectivity index (χ0) is 28.0. The van der Waals surface area contributed by atoms with Crippen molar-refractivity contribution in [3.05, 3.63) is 107 Å². The molecule has 0 saturated heterocycles. The summed E-state index contributed by atoms with van der Waals surface area (Å²) in [4.78, 5) is 22.0. The van der Waals surface area contributed by atoms with Gasteiger partial charge in [-0.05, 0) is 73.5 Å². The van der Waals surface area contributed by atoms with Crippen molar-refractivity contribution in [2.24, 2.45) is 0 Å². The molecule has 2 aromatic carbocycles. The molecular formula is C29H19F3N6O2. The SMILES string of the molecule is Cc1cc(-c2cnco2)cc(-c2nn(-c3cc(-c4cccnn4)ccc3C(F)(F)F)c(=O)c3ncc(C)cc23)c1. The number of nitrogens with zero attached hydrogens (tertiary/aromatic N) is 6. The Morgan fingerprint density at radius 1 is 0.900 bits per heavy atom. The van der Waals surface area contributed by atoms with Crippen LogP contribution in [-0.4, -0.2) is 29.9 Å². The molecule has 6 aromatic rings. The zero-order valence-electron chi connectivity index (χ0n) is 21.1. The molecule has 0 N–H and O–H groups in total. The number of aryl methyl sites for hydroxylation is 2. The highest BCUT2D eigenvalue weighted by Gasteiger charge is 2.35. The predicted molar refractivity (Wildman–Crippen MR) is 142 cm³/mol. The number of alkyl halides is 3. The van der Waals surface area contributed by atoms with Gasteiger partial charge in [-0.15, -0.1) is 0 Å². The van der Waals surface area contributed by atoms with Gasteiger partial charge in [-0.3, -0.25) is 4.79 Å².